The largest absolute Gasteiger partial charge is 0.493 e. The van der Waals surface area contributed by atoms with E-state index in [0.717, 1.165) is 24.8 Å². The molecule has 1 aromatic carbocycles. The van der Waals surface area contributed by atoms with Gasteiger partial charge in [0.25, 0.3) is 0 Å². The second kappa shape index (κ2) is 6.86. The first kappa shape index (κ1) is 14.3. The van der Waals surface area contributed by atoms with E-state index in [-0.39, 0.29) is 11.3 Å². The molecule has 5 heteroatoms. The number of rotatable bonds is 7. The van der Waals surface area contributed by atoms with Crippen molar-refractivity contribution in [2.75, 3.05) is 20.8 Å². The van der Waals surface area contributed by atoms with Gasteiger partial charge in [-0.05, 0) is 43.5 Å². The van der Waals surface area contributed by atoms with Gasteiger partial charge in [0.15, 0.2) is 11.5 Å². The monoisotopic (exact) mass is 253 g/mol. The number of aryl methyl sites for hydroxylation is 1. The highest BCUT2D eigenvalue weighted by Gasteiger charge is 2.17. The number of benzene rings is 1. The smallest absolute Gasteiger partial charge is 0.339 e. The summed E-state index contributed by atoms with van der Waals surface area (Å²) in [4.78, 5) is 11.2. The van der Waals surface area contributed by atoms with Gasteiger partial charge in [0, 0.05) is 0 Å². The van der Waals surface area contributed by atoms with Crippen molar-refractivity contribution in [2.45, 2.75) is 19.3 Å². The lowest BCUT2D eigenvalue weighted by molar-refractivity contribution is 0.0692. The minimum atomic E-state index is -1.02. The first-order chi connectivity index (χ1) is 8.63. The van der Waals surface area contributed by atoms with Crippen LogP contribution in [0.15, 0.2) is 12.1 Å². The summed E-state index contributed by atoms with van der Waals surface area (Å²) in [6.45, 7) is 0.638. The number of ether oxygens (including phenoxy) is 2. The zero-order valence-corrected chi connectivity index (χ0v) is 10.7. The predicted octanol–water partition coefficient (Wildman–Crippen LogP) is 1.68. The third-order valence-electron chi connectivity index (χ3n) is 2.69. The fraction of sp³-hybridized carbons (Fsp3) is 0.462. The molecular weight excluding hydrogens is 234 g/mol. The molecule has 0 aliphatic rings. The zero-order valence-electron chi connectivity index (χ0n) is 10.7. The van der Waals surface area contributed by atoms with Crippen LogP contribution in [-0.2, 0) is 6.42 Å². The van der Waals surface area contributed by atoms with Crippen molar-refractivity contribution in [3.8, 4) is 11.5 Å². The van der Waals surface area contributed by atoms with Gasteiger partial charge in [-0.1, -0.05) is 0 Å². The third kappa shape index (κ3) is 3.37. The number of carboxylic acids is 1. The summed E-state index contributed by atoms with van der Waals surface area (Å²) in [6, 6.07) is 3.43. The molecule has 0 saturated carbocycles. The highest BCUT2D eigenvalue weighted by molar-refractivity contribution is 5.92. The van der Waals surface area contributed by atoms with Crippen LogP contribution in [0.1, 0.15) is 28.8 Å². The van der Waals surface area contributed by atoms with Gasteiger partial charge in [-0.15, -0.1) is 0 Å². The average molecular weight is 253 g/mol. The summed E-state index contributed by atoms with van der Waals surface area (Å²) in [7, 11) is 2.92. The molecule has 100 valence electrons. The van der Waals surface area contributed by atoms with Gasteiger partial charge in [0.2, 0.25) is 0 Å². The maximum atomic E-state index is 11.2. The Bertz CT molecular complexity index is 418. The Kier molecular flexibility index (Phi) is 5.45. The molecule has 0 atom stereocenters. The predicted molar refractivity (Wildman–Crippen MR) is 68.5 cm³/mol. The van der Waals surface area contributed by atoms with Crippen LogP contribution in [0.25, 0.3) is 0 Å². The van der Waals surface area contributed by atoms with Crippen LogP contribution in [0.5, 0.6) is 11.5 Å². The first-order valence-corrected chi connectivity index (χ1v) is 5.82. The third-order valence-corrected chi connectivity index (χ3v) is 2.69. The van der Waals surface area contributed by atoms with Crippen molar-refractivity contribution in [3.05, 3.63) is 23.3 Å². The summed E-state index contributed by atoms with van der Waals surface area (Å²) in [5, 5.41) is 9.16. The topological polar surface area (TPSA) is 81.8 Å². The number of carbonyl (C=O) groups is 1. The second-order valence-corrected chi connectivity index (χ2v) is 3.93. The van der Waals surface area contributed by atoms with E-state index < -0.39 is 5.97 Å². The average Bonchev–Trinajstić information content (AvgIpc) is 2.37. The van der Waals surface area contributed by atoms with Gasteiger partial charge < -0.3 is 20.3 Å². The summed E-state index contributed by atoms with van der Waals surface area (Å²) >= 11 is 0. The number of nitrogens with two attached hydrogens (primary N) is 1. The Morgan fingerprint density at radius 1 is 1.28 bits per heavy atom. The molecule has 0 bridgehead atoms. The number of aromatic carboxylic acids is 1. The molecule has 0 saturated heterocycles. The summed E-state index contributed by atoms with van der Waals surface area (Å²) in [5.74, 6) is -0.321. The van der Waals surface area contributed by atoms with Crippen molar-refractivity contribution in [2.24, 2.45) is 5.73 Å². The standard InChI is InChI=1S/C13H19NO4/c1-17-11-8-9(5-3-4-6-14)7-10(13(15)16)12(11)18-2/h7-8H,3-6,14H2,1-2H3,(H,15,16). The van der Waals surface area contributed by atoms with E-state index in [4.69, 9.17) is 20.3 Å². The molecule has 0 aromatic heterocycles. The Balaban J connectivity index is 3.07. The van der Waals surface area contributed by atoms with Crippen LogP contribution in [0.2, 0.25) is 0 Å². The van der Waals surface area contributed by atoms with Gasteiger partial charge in [0.1, 0.15) is 5.56 Å². The molecule has 18 heavy (non-hydrogen) atoms. The van der Waals surface area contributed by atoms with Crippen molar-refractivity contribution < 1.29 is 19.4 Å². The van der Waals surface area contributed by atoms with Crippen LogP contribution in [0, 0.1) is 0 Å². The van der Waals surface area contributed by atoms with E-state index in [1.807, 2.05) is 6.07 Å². The van der Waals surface area contributed by atoms with Gasteiger partial charge in [-0.3, -0.25) is 0 Å². The molecule has 0 aliphatic heterocycles. The van der Waals surface area contributed by atoms with Crippen LogP contribution >= 0.6 is 0 Å². The van der Waals surface area contributed by atoms with Crippen LogP contribution in [0.4, 0.5) is 0 Å². The lowest BCUT2D eigenvalue weighted by Gasteiger charge is -2.12. The van der Waals surface area contributed by atoms with Gasteiger partial charge in [-0.2, -0.15) is 0 Å². The fourth-order valence-electron chi connectivity index (χ4n) is 1.80. The molecule has 0 spiro atoms. The minimum Gasteiger partial charge on any atom is -0.493 e. The number of methoxy groups -OCH3 is 2. The normalized spacial score (nSPS) is 10.2. The molecule has 0 unspecified atom stereocenters. The molecule has 1 rings (SSSR count). The summed E-state index contributed by atoms with van der Waals surface area (Å²) in [5.41, 5.74) is 6.47. The maximum absolute atomic E-state index is 11.2. The molecular formula is C13H19NO4. The molecule has 0 heterocycles. The molecule has 3 N–H and O–H groups in total. The van der Waals surface area contributed by atoms with Crippen molar-refractivity contribution in [1.82, 2.24) is 0 Å². The van der Waals surface area contributed by atoms with E-state index in [1.165, 1.54) is 14.2 Å². The zero-order chi connectivity index (χ0) is 13.5. The van der Waals surface area contributed by atoms with Crippen LogP contribution in [-0.4, -0.2) is 31.8 Å². The molecule has 0 amide bonds. The SMILES string of the molecule is COc1cc(CCCCN)cc(C(=O)O)c1OC. The quantitative estimate of drug-likeness (QED) is 0.722. The minimum absolute atomic E-state index is 0.125. The van der Waals surface area contributed by atoms with Gasteiger partial charge in [0.05, 0.1) is 14.2 Å². The number of hydrogen-bond acceptors (Lipinski definition) is 4. The Hall–Kier alpha value is -1.75. The number of hydrogen-bond donors (Lipinski definition) is 2. The van der Waals surface area contributed by atoms with E-state index in [0.29, 0.717) is 12.3 Å². The Labute approximate surface area is 107 Å². The van der Waals surface area contributed by atoms with E-state index in [2.05, 4.69) is 0 Å². The highest BCUT2D eigenvalue weighted by atomic mass is 16.5. The summed E-state index contributed by atoms with van der Waals surface area (Å²) in [6.07, 6.45) is 2.61. The molecule has 1 aromatic rings. The maximum Gasteiger partial charge on any atom is 0.339 e. The second-order valence-electron chi connectivity index (χ2n) is 3.93. The number of carboxylic acid groups (broad SMARTS) is 1. The van der Waals surface area contributed by atoms with E-state index in [9.17, 15) is 4.79 Å². The lowest BCUT2D eigenvalue weighted by atomic mass is 10.0. The Morgan fingerprint density at radius 3 is 2.50 bits per heavy atom. The first-order valence-electron chi connectivity index (χ1n) is 5.82. The Morgan fingerprint density at radius 2 is 2.00 bits per heavy atom. The van der Waals surface area contributed by atoms with E-state index >= 15 is 0 Å². The molecule has 0 radical (unpaired) electrons. The molecule has 0 aliphatic carbocycles. The van der Waals surface area contributed by atoms with E-state index in [1.54, 1.807) is 6.07 Å². The molecule has 5 nitrogen and oxygen atoms in total. The highest BCUT2D eigenvalue weighted by Crippen LogP contribution is 2.33. The van der Waals surface area contributed by atoms with Crippen molar-refractivity contribution in [1.29, 1.82) is 0 Å². The van der Waals surface area contributed by atoms with Crippen molar-refractivity contribution >= 4 is 5.97 Å². The summed E-state index contributed by atoms with van der Waals surface area (Å²) < 4.78 is 10.2. The van der Waals surface area contributed by atoms with Crippen LogP contribution < -0.4 is 15.2 Å². The van der Waals surface area contributed by atoms with Crippen molar-refractivity contribution in [3.63, 3.8) is 0 Å². The van der Waals surface area contributed by atoms with Crippen LogP contribution in [0.3, 0.4) is 0 Å². The van der Waals surface area contributed by atoms with Gasteiger partial charge >= 0.3 is 5.97 Å². The molecule has 0 fully saturated rings. The number of unbranched alkanes of at least 4 members (excludes halogenated alkanes) is 1. The lowest BCUT2D eigenvalue weighted by Crippen LogP contribution is -2.05. The fourth-order valence-corrected chi connectivity index (χ4v) is 1.80. The van der Waals surface area contributed by atoms with Gasteiger partial charge in [-0.25, -0.2) is 4.79 Å².